The lowest BCUT2D eigenvalue weighted by Gasteiger charge is -2.39. The van der Waals surface area contributed by atoms with Crippen LogP contribution in [0.5, 0.6) is 0 Å². The monoisotopic (exact) mass is 850 g/mol. The molecule has 7 amide bonds. The first-order chi connectivity index (χ1) is 28.8. The van der Waals surface area contributed by atoms with E-state index in [-0.39, 0.29) is 75.0 Å². The van der Waals surface area contributed by atoms with E-state index in [1.807, 2.05) is 18.2 Å². The van der Waals surface area contributed by atoms with Gasteiger partial charge in [0.1, 0.15) is 29.8 Å². The number of carboxylic acids is 1. The topological polar surface area (TPSA) is 262 Å². The number of piperidine rings is 1. The average molecular weight is 851 g/mol. The lowest BCUT2D eigenvalue weighted by Crippen LogP contribution is -2.62. The maximum absolute atomic E-state index is 14.3. The summed E-state index contributed by atoms with van der Waals surface area (Å²) in [5.41, 5.74) is 6.39. The van der Waals surface area contributed by atoms with Crippen molar-refractivity contribution in [3.05, 3.63) is 34.2 Å². The van der Waals surface area contributed by atoms with Gasteiger partial charge in [0, 0.05) is 38.9 Å². The van der Waals surface area contributed by atoms with Gasteiger partial charge in [0.25, 0.3) is 0 Å². The number of imide groups is 1. The molecule has 0 bridgehead atoms. The molecule has 6 N–H and O–H groups in total. The Hall–Kier alpha value is -5.75. The SMILES string of the molecule is Cn1c(=O)n(C2CCC(=O)NC2=O)c2ccc(CC3CCC(CC(=O)N4CC[C@H]5CC[C@@H](C(=O)N[C@@H](CCC(N)=O)C(=O)O)N5C(=O)[C@@H](NC(=O)OC(C)(C)C)C4)CC3)cc21. The number of ether oxygens (including phenoxy) is 1. The summed E-state index contributed by atoms with van der Waals surface area (Å²) in [7, 11) is 1.67. The maximum atomic E-state index is 14.3. The molecule has 4 heterocycles. The first-order valence-electron chi connectivity index (χ1n) is 21.2. The minimum Gasteiger partial charge on any atom is -0.480 e. The van der Waals surface area contributed by atoms with Gasteiger partial charge < -0.3 is 36.0 Å². The molecule has 3 aliphatic heterocycles. The number of aromatic nitrogens is 2. The van der Waals surface area contributed by atoms with Crippen molar-refractivity contribution in [3.8, 4) is 0 Å². The van der Waals surface area contributed by atoms with Crippen molar-refractivity contribution in [2.45, 2.75) is 140 Å². The van der Waals surface area contributed by atoms with Gasteiger partial charge >= 0.3 is 17.8 Å². The Balaban J connectivity index is 1.08. The lowest BCUT2D eigenvalue weighted by atomic mass is 9.78. The summed E-state index contributed by atoms with van der Waals surface area (Å²) in [6.45, 7) is 5.16. The molecule has 1 aromatic carbocycles. The van der Waals surface area contributed by atoms with Gasteiger partial charge in [-0.1, -0.05) is 6.07 Å². The molecule has 3 saturated heterocycles. The molecule has 1 aromatic heterocycles. The van der Waals surface area contributed by atoms with Crippen LogP contribution < -0.4 is 27.4 Å². The summed E-state index contributed by atoms with van der Waals surface area (Å²) in [4.78, 5) is 119. The molecular formula is C42H58N8O11. The molecule has 6 rings (SSSR count). The van der Waals surface area contributed by atoms with Crippen LogP contribution in [0.4, 0.5) is 4.79 Å². The predicted octanol–water partition coefficient (Wildman–Crippen LogP) is 1.38. The molecule has 4 fully saturated rings. The van der Waals surface area contributed by atoms with Crippen LogP contribution in [-0.4, -0.2) is 114 Å². The highest BCUT2D eigenvalue weighted by Gasteiger charge is 2.46. The van der Waals surface area contributed by atoms with Crippen molar-refractivity contribution in [2.24, 2.45) is 24.6 Å². The number of aliphatic carboxylic acids is 1. The molecular weight excluding hydrogens is 793 g/mol. The quantitative estimate of drug-likeness (QED) is 0.191. The zero-order valence-corrected chi connectivity index (χ0v) is 35.3. The van der Waals surface area contributed by atoms with Gasteiger partial charge in [-0.2, -0.15) is 0 Å². The summed E-state index contributed by atoms with van der Waals surface area (Å²) in [6.07, 6.45) is 4.59. The molecule has 0 spiro atoms. The van der Waals surface area contributed by atoms with Gasteiger partial charge in [0.15, 0.2) is 0 Å². The Labute approximate surface area is 353 Å². The van der Waals surface area contributed by atoms with Crippen molar-refractivity contribution in [2.75, 3.05) is 13.1 Å². The number of nitrogens with one attached hydrogen (secondary N) is 3. The molecule has 1 unspecified atom stereocenters. The first-order valence-corrected chi connectivity index (χ1v) is 21.2. The fraction of sp³-hybridized carbons (Fsp3) is 0.643. The van der Waals surface area contributed by atoms with Gasteiger partial charge in [-0.25, -0.2) is 14.4 Å². The van der Waals surface area contributed by atoms with Crippen molar-refractivity contribution in [1.82, 2.24) is 34.9 Å². The van der Waals surface area contributed by atoms with Crippen LogP contribution in [0.2, 0.25) is 0 Å². The van der Waals surface area contributed by atoms with Crippen molar-refractivity contribution in [1.29, 1.82) is 0 Å². The number of amides is 7. The predicted molar refractivity (Wildman–Crippen MR) is 218 cm³/mol. The van der Waals surface area contributed by atoms with Gasteiger partial charge in [-0.15, -0.1) is 0 Å². The molecule has 1 aliphatic carbocycles. The molecule has 4 aliphatic rings. The number of hydrogen-bond acceptors (Lipinski definition) is 10. The second-order valence-corrected chi connectivity index (χ2v) is 18.0. The number of nitrogens with two attached hydrogens (primary N) is 1. The van der Waals surface area contributed by atoms with E-state index in [9.17, 15) is 48.3 Å². The highest BCUT2D eigenvalue weighted by Crippen LogP contribution is 2.35. The Morgan fingerprint density at radius 3 is 2.31 bits per heavy atom. The Morgan fingerprint density at radius 1 is 0.951 bits per heavy atom. The minimum absolute atomic E-state index is 0.112. The van der Waals surface area contributed by atoms with Crippen LogP contribution in [0.1, 0.15) is 109 Å². The maximum Gasteiger partial charge on any atom is 0.408 e. The summed E-state index contributed by atoms with van der Waals surface area (Å²) in [5, 5.41) is 17.1. The number of nitrogens with zero attached hydrogens (tertiary/aromatic N) is 4. The fourth-order valence-corrected chi connectivity index (χ4v) is 9.34. The summed E-state index contributed by atoms with van der Waals surface area (Å²) >= 11 is 0. The molecule has 1 saturated carbocycles. The first kappa shape index (κ1) is 44.8. The van der Waals surface area contributed by atoms with Gasteiger partial charge in [-0.3, -0.25) is 43.2 Å². The van der Waals surface area contributed by atoms with E-state index in [4.69, 9.17) is 10.5 Å². The van der Waals surface area contributed by atoms with E-state index >= 15 is 0 Å². The van der Waals surface area contributed by atoms with Crippen molar-refractivity contribution < 1.29 is 48.2 Å². The number of primary amides is 1. The van der Waals surface area contributed by atoms with Crippen LogP contribution in [0.3, 0.4) is 0 Å². The van der Waals surface area contributed by atoms with Crippen LogP contribution in [0.25, 0.3) is 11.0 Å². The summed E-state index contributed by atoms with van der Waals surface area (Å²) < 4.78 is 8.46. The van der Waals surface area contributed by atoms with Crippen molar-refractivity contribution in [3.63, 3.8) is 0 Å². The van der Waals surface area contributed by atoms with E-state index in [1.54, 1.807) is 32.7 Å². The van der Waals surface area contributed by atoms with E-state index < -0.39 is 71.5 Å². The third-order valence-corrected chi connectivity index (χ3v) is 12.5. The van der Waals surface area contributed by atoms with E-state index in [0.717, 1.165) is 37.7 Å². The standard InChI is InChI=1S/C42H58N8O11/c1-42(2,3)61-40(59)45-28-22-48(18-17-26-10-13-30(49(26)38(28)56)36(54)44-27(39(57)58)11-15-33(43)51)35(53)21-24-7-5-23(6-8-24)19-25-9-12-29-32(20-25)47(4)41(60)50(29)31-14-16-34(52)46-37(31)55/h9,12,20,23-24,26-28,30-31H,5-8,10-11,13-19,21-22H2,1-4H3,(H2,43,51)(H,44,54)(H,45,59)(H,57,58)(H,46,52,55)/t23?,24?,26-,27+,28+,30+,31?/m1/s1. The number of benzene rings is 1. The molecule has 19 heteroatoms. The Kier molecular flexibility index (Phi) is 13.6. The zero-order valence-electron chi connectivity index (χ0n) is 35.3. The smallest absolute Gasteiger partial charge is 0.408 e. The largest absolute Gasteiger partial charge is 0.480 e. The second-order valence-electron chi connectivity index (χ2n) is 18.0. The number of carbonyl (C=O) groups excluding carboxylic acids is 7. The molecule has 0 radical (unpaired) electrons. The number of imidazole rings is 1. The molecule has 2 aromatic rings. The normalized spacial score (nSPS) is 25.2. The number of carboxylic acid groups (broad SMARTS) is 1. The number of alkyl carbamates (subject to hydrolysis) is 1. The van der Waals surface area contributed by atoms with Crippen LogP contribution in [0, 0.1) is 11.8 Å². The van der Waals surface area contributed by atoms with Gasteiger partial charge in [0.2, 0.25) is 35.4 Å². The van der Waals surface area contributed by atoms with Crippen LogP contribution >= 0.6 is 0 Å². The minimum atomic E-state index is -1.39. The number of carbonyl (C=O) groups is 8. The summed E-state index contributed by atoms with van der Waals surface area (Å²) in [5.74, 6) is -3.83. The number of aryl methyl sites for hydroxylation is 1. The molecule has 61 heavy (non-hydrogen) atoms. The van der Waals surface area contributed by atoms with E-state index in [1.165, 1.54) is 14.0 Å². The van der Waals surface area contributed by atoms with E-state index in [2.05, 4.69) is 16.0 Å². The molecule has 19 nitrogen and oxygen atoms in total. The number of rotatable bonds is 12. The highest BCUT2D eigenvalue weighted by molar-refractivity contribution is 6.00. The highest BCUT2D eigenvalue weighted by atomic mass is 16.6. The average Bonchev–Trinajstić information content (AvgIpc) is 3.71. The number of fused-ring (bicyclic) bond motifs is 2. The van der Waals surface area contributed by atoms with Crippen molar-refractivity contribution >= 4 is 58.5 Å². The lowest BCUT2D eigenvalue weighted by molar-refractivity contribution is -0.147. The molecule has 332 valence electrons. The van der Waals surface area contributed by atoms with Gasteiger partial charge in [-0.05, 0) is 115 Å². The number of hydrogen-bond donors (Lipinski definition) is 5. The zero-order chi connectivity index (χ0) is 44.3. The fourth-order valence-electron chi connectivity index (χ4n) is 9.34. The third-order valence-electron chi connectivity index (χ3n) is 12.5. The second kappa shape index (κ2) is 18.5. The van der Waals surface area contributed by atoms with Gasteiger partial charge in [0.05, 0.1) is 17.6 Å². The third kappa shape index (κ3) is 10.6. The summed E-state index contributed by atoms with van der Waals surface area (Å²) in [6, 6.07) is 0.954. The van der Waals surface area contributed by atoms with Crippen LogP contribution in [0.15, 0.2) is 23.0 Å². The Bertz CT molecular complexity index is 2130. The van der Waals surface area contributed by atoms with E-state index in [0.29, 0.717) is 29.8 Å². The van der Waals surface area contributed by atoms with Crippen LogP contribution in [-0.2, 0) is 51.8 Å². The Morgan fingerprint density at radius 2 is 1.66 bits per heavy atom. The molecule has 5 atom stereocenters.